The molecule has 0 unspecified atom stereocenters. The molecule has 6 heteroatoms. The molecule has 0 aliphatic carbocycles. The first kappa shape index (κ1) is 21.8. The van der Waals surface area contributed by atoms with Crippen LogP contribution in [0.5, 0.6) is 23.0 Å². The minimum Gasteiger partial charge on any atom is -0.591 e. The fourth-order valence-corrected chi connectivity index (χ4v) is 2.52. The van der Waals surface area contributed by atoms with Crippen molar-refractivity contribution in [3.05, 3.63) is 59.7 Å². The molecule has 0 heterocycles. The molecule has 0 aromatic heterocycles. The average molecular weight is 397 g/mol. The number of ketones is 2. The zero-order valence-electron chi connectivity index (χ0n) is 16.5. The molecule has 0 amide bonds. The summed E-state index contributed by atoms with van der Waals surface area (Å²) >= 11 is 0. The van der Waals surface area contributed by atoms with Crippen LogP contribution in [0.4, 0.5) is 0 Å². The number of carbonyl (C=O) groups excluding carboxylic acids is 2. The van der Waals surface area contributed by atoms with Gasteiger partial charge in [0.2, 0.25) is 5.75 Å². The first-order chi connectivity index (χ1) is 13.9. The lowest BCUT2D eigenvalue weighted by molar-refractivity contribution is -0.121. The van der Waals surface area contributed by atoms with E-state index < -0.39 is 0 Å². The Morgan fingerprint density at radius 2 is 1.41 bits per heavy atom. The van der Waals surface area contributed by atoms with E-state index in [0.717, 1.165) is 0 Å². The van der Waals surface area contributed by atoms with Crippen molar-refractivity contribution in [1.82, 2.24) is 0 Å². The molecule has 3 N–H and O–H groups in total. The highest BCUT2D eigenvalue weighted by molar-refractivity contribution is 6.10. The Hall–Kier alpha value is -3.54. The SMILES string of the molecule is CCOc1ccc(/C=C/C(=O)CC(=O)/C=C/c2ccc(OCC)c([OH2+])c2)cc1O. The van der Waals surface area contributed by atoms with Gasteiger partial charge in [0.1, 0.15) is 0 Å². The molecule has 0 saturated heterocycles. The van der Waals surface area contributed by atoms with Crippen molar-refractivity contribution in [2.75, 3.05) is 13.2 Å². The fraction of sp³-hybridized carbons (Fsp3) is 0.217. The van der Waals surface area contributed by atoms with Gasteiger partial charge in [-0.1, -0.05) is 24.3 Å². The van der Waals surface area contributed by atoms with Crippen LogP contribution >= 0.6 is 0 Å². The number of carbonyl (C=O) groups is 2. The van der Waals surface area contributed by atoms with Gasteiger partial charge in [0.15, 0.2) is 23.1 Å². The number of ether oxygens (including phenoxy) is 2. The molecule has 2 rings (SSSR count). The average Bonchev–Trinajstić information content (AvgIpc) is 2.69. The van der Waals surface area contributed by atoms with Gasteiger partial charge >= 0.3 is 0 Å². The minimum absolute atomic E-state index is 0.00965. The van der Waals surface area contributed by atoms with Crippen LogP contribution in [0.2, 0.25) is 0 Å². The van der Waals surface area contributed by atoms with E-state index in [1.165, 1.54) is 24.3 Å². The Bertz CT molecular complexity index is 851. The van der Waals surface area contributed by atoms with Gasteiger partial charge in [-0.25, -0.2) is 0 Å². The summed E-state index contributed by atoms with van der Waals surface area (Å²) in [5, 5.41) is 17.7. The second-order valence-electron chi connectivity index (χ2n) is 6.12. The monoisotopic (exact) mass is 397 g/mol. The maximum atomic E-state index is 12.0. The summed E-state index contributed by atoms with van der Waals surface area (Å²) in [7, 11) is 0. The van der Waals surface area contributed by atoms with Gasteiger partial charge in [0.05, 0.1) is 19.6 Å². The topological polar surface area (TPSA) is 95.7 Å². The molecule has 0 aliphatic rings. The first-order valence-corrected chi connectivity index (χ1v) is 9.29. The van der Waals surface area contributed by atoms with E-state index >= 15 is 0 Å². The van der Waals surface area contributed by atoms with E-state index in [1.807, 2.05) is 13.8 Å². The van der Waals surface area contributed by atoms with Gasteiger partial charge in [-0.05, 0) is 55.3 Å². The number of allylic oxidation sites excluding steroid dienone is 2. The molecule has 0 atom stereocenters. The minimum atomic E-state index is -0.346. The van der Waals surface area contributed by atoms with Crippen molar-refractivity contribution >= 4 is 23.7 Å². The third-order valence-corrected chi connectivity index (χ3v) is 3.86. The zero-order valence-corrected chi connectivity index (χ0v) is 16.5. The zero-order chi connectivity index (χ0) is 21.2. The van der Waals surface area contributed by atoms with E-state index in [1.54, 1.807) is 36.4 Å². The maximum Gasteiger partial charge on any atom is 0.297 e. The van der Waals surface area contributed by atoms with Crippen molar-refractivity contribution in [3.63, 3.8) is 0 Å². The van der Waals surface area contributed by atoms with Crippen LogP contribution < -0.4 is 9.47 Å². The van der Waals surface area contributed by atoms with Crippen molar-refractivity contribution in [2.45, 2.75) is 20.3 Å². The third-order valence-electron chi connectivity index (χ3n) is 3.86. The fourth-order valence-electron chi connectivity index (χ4n) is 2.52. The normalized spacial score (nSPS) is 11.1. The third kappa shape index (κ3) is 6.84. The predicted molar refractivity (Wildman–Crippen MR) is 113 cm³/mol. The van der Waals surface area contributed by atoms with Crippen molar-refractivity contribution < 1.29 is 29.3 Å². The van der Waals surface area contributed by atoms with E-state index in [4.69, 9.17) is 14.6 Å². The van der Waals surface area contributed by atoms with Gasteiger partial charge in [-0.15, -0.1) is 0 Å². The second-order valence-corrected chi connectivity index (χ2v) is 6.12. The predicted octanol–water partition coefficient (Wildman–Crippen LogP) is 3.88. The van der Waals surface area contributed by atoms with E-state index in [0.29, 0.717) is 35.8 Å². The Labute approximate surface area is 169 Å². The summed E-state index contributed by atoms with van der Waals surface area (Å²) < 4.78 is 10.6. The van der Waals surface area contributed by atoms with Crippen molar-refractivity contribution in [1.29, 1.82) is 0 Å². The van der Waals surface area contributed by atoms with Gasteiger partial charge in [0, 0.05) is 6.07 Å². The molecule has 0 radical (unpaired) electrons. The first-order valence-electron chi connectivity index (χ1n) is 9.29. The van der Waals surface area contributed by atoms with Gasteiger partial charge in [-0.2, -0.15) is 0 Å². The van der Waals surface area contributed by atoms with Crippen LogP contribution in [0.3, 0.4) is 0 Å². The van der Waals surface area contributed by atoms with Gasteiger partial charge < -0.3 is 19.7 Å². The highest BCUT2D eigenvalue weighted by Gasteiger charge is 2.08. The van der Waals surface area contributed by atoms with Crippen molar-refractivity contribution in [3.8, 4) is 23.0 Å². The summed E-state index contributed by atoms with van der Waals surface area (Å²) in [6.07, 6.45) is 5.47. The van der Waals surface area contributed by atoms with Crippen LogP contribution in [0.25, 0.3) is 12.2 Å². The standard InChI is InChI=1S/C23H24O6/c1-3-28-22-11-7-16(13-20(22)26)5-9-18(24)15-19(25)10-6-17-8-12-23(29-4-2)21(27)14-17/h5-14,26-27H,3-4,15H2,1-2H3/p+1/b9-5+,10-6+. The Morgan fingerprint density at radius 1 is 0.897 bits per heavy atom. The number of aromatic hydroxyl groups is 1. The molecule has 0 aliphatic heterocycles. The molecule has 2 aromatic carbocycles. The second kappa shape index (κ2) is 10.7. The smallest absolute Gasteiger partial charge is 0.297 e. The van der Waals surface area contributed by atoms with Crippen molar-refractivity contribution in [2.24, 2.45) is 0 Å². The van der Waals surface area contributed by atoms with E-state index in [2.05, 4.69) is 0 Å². The Balaban J connectivity index is 1.92. The molecule has 29 heavy (non-hydrogen) atoms. The summed E-state index contributed by atoms with van der Waals surface area (Å²) in [5.41, 5.74) is 1.30. The lowest BCUT2D eigenvalue weighted by Crippen LogP contribution is -2.01. The molecule has 0 saturated carbocycles. The molecule has 0 spiro atoms. The largest absolute Gasteiger partial charge is 0.591 e. The number of rotatable bonds is 10. The van der Waals surface area contributed by atoms with Crippen LogP contribution in [-0.2, 0) is 9.59 Å². The highest BCUT2D eigenvalue weighted by Crippen LogP contribution is 2.28. The molecule has 6 nitrogen and oxygen atoms in total. The number of phenols is 1. The molecule has 0 fully saturated rings. The van der Waals surface area contributed by atoms with Crippen LogP contribution in [0, 0.1) is 0 Å². The summed E-state index contributed by atoms with van der Waals surface area (Å²) in [6, 6.07) is 9.83. The number of benzene rings is 2. The summed E-state index contributed by atoms with van der Waals surface area (Å²) in [6.45, 7) is 4.58. The van der Waals surface area contributed by atoms with Crippen LogP contribution in [-0.4, -0.2) is 35.0 Å². The van der Waals surface area contributed by atoms with Gasteiger partial charge in [-0.3, -0.25) is 9.59 Å². The molecule has 152 valence electrons. The molecule has 0 bridgehead atoms. The van der Waals surface area contributed by atoms with Crippen LogP contribution in [0.15, 0.2) is 48.6 Å². The summed E-state index contributed by atoms with van der Waals surface area (Å²) in [5.74, 6) is 0.400. The number of phenolic OH excluding ortho intramolecular Hbond substituents is 1. The Morgan fingerprint density at radius 3 is 1.93 bits per heavy atom. The van der Waals surface area contributed by atoms with E-state index in [-0.39, 0.29) is 29.5 Å². The lowest BCUT2D eigenvalue weighted by Gasteiger charge is -2.05. The molecular formula is C23H25O6+. The summed E-state index contributed by atoms with van der Waals surface area (Å²) in [4.78, 5) is 24.0. The van der Waals surface area contributed by atoms with Crippen LogP contribution in [0.1, 0.15) is 31.4 Å². The maximum absolute atomic E-state index is 12.0. The number of hydrogen-bond acceptors (Lipinski definition) is 5. The number of hydrogen-bond donors (Lipinski definition) is 1. The Kier molecular flexibility index (Phi) is 8.03. The molecule has 2 aromatic rings. The van der Waals surface area contributed by atoms with E-state index in [9.17, 15) is 14.7 Å². The lowest BCUT2D eigenvalue weighted by atomic mass is 10.1. The highest BCUT2D eigenvalue weighted by atomic mass is 16.5. The quantitative estimate of drug-likeness (QED) is 0.373. The molecular weight excluding hydrogens is 372 g/mol. The van der Waals surface area contributed by atoms with Gasteiger partial charge in [0.25, 0.3) is 5.75 Å².